The van der Waals surface area contributed by atoms with Gasteiger partial charge < -0.3 is 25.1 Å². The van der Waals surface area contributed by atoms with Crippen molar-refractivity contribution in [2.75, 3.05) is 45.2 Å². The standard InChI is InChI=1S/C22H29N3O4.C2H7N/c26-14-2-4-18(15-27)25-21(28)20-17(16-29-25)3-1-5-19(20)24-12-8-22(9-13-24)6-10-23-11-7-22;1-3-2/h1,3,5,14-15,18,23H,2,4,6-13,16H2;3H,1-2H3. The molecule has 8 nitrogen and oxygen atoms in total. The third-order valence-electron chi connectivity index (χ3n) is 6.77. The molecular formula is C24H36N4O4. The molecule has 1 atom stereocenters. The minimum Gasteiger partial charge on any atom is -0.371 e. The van der Waals surface area contributed by atoms with Crippen LogP contribution in [0.15, 0.2) is 18.2 Å². The molecule has 0 bridgehead atoms. The average Bonchev–Trinajstić information content (AvgIpc) is 2.82. The van der Waals surface area contributed by atoms with Crippen LogP contribution in [0.5, 0.6) is 0 Å². The second-order valence-corrected chi connectivity index (χ2v) is 8.90. The Bertz CT molecular complexity index is 784. The van der Waals surface area contributed by atoms with Crippen LogP contribution in [-0.4, -0.2) is 69.9 Å². The van der Waals surface area contributed by atoms with E-state index in [9.17, 15) is 14.4 Å². The predicted octanol–water partition coefficient (Wildman–Crippen LogP) is 1.93. The molecule has 1 aromatic carbocycles. The fraction of sp³-hybridized carbons (Fsp3) is 0.625. The number of nitrogens with one attached hydrogen (secondary N) is 2. The van der Waals surface area contributed by atoms with Crippen molar-refractivity contribution < 1.29 is 19.2 Å². The molecule has 3 aliphatic heterocycles. The topological polar surface area (TPSA) is 91.0 Å². The largest absolute Gasteiger partial charge is 0.371 e. The number of piperidine rings is 2. The maximum atomic E-state index is 13.3. The van der Waals surface area contributed by atoms with Crippen molar-refractivity contribution in [3.05, 3.63) is 29.3 Å². The number of carbonyl (C=O) groups excluding carboxylic acids is 3. The molecule has 0 aromatic heterocycles. The van der Waals surface area contributed by atoms with E-state index in [-0.39, 0.29) is 25.4 Å². The van der Waals surface area contributed by atoms with Gasteiger partial charge in [-0.15, -0.1) is 0 Å². The molecule has 0 radical (unpaired) electrons. The molecule has 176 valence electrons. The van der Waals surface area contributed by atoms with E-state index in [0.29, 0.717) is 17.3 Å². The number of benzene rings is 1. The number of hydrogen-bond acceptors (Lipinski definition) is 7. The Kier molecular flexibility index (Phi) is 8.78. The normalized spacial score (nSPS) is 20.8. The summed E-state index contributed by atoms with van der Waals surface area (Å²) in [7, 11) is 3.75. The van der Waals surface area contributed by atoms with Crippen LogP contribution < -0.4 is 15.5 Å². The van der Waals surface area contributed by atoms with Gasteiger partial charge in [0.2, 0.25) is 0 Å². The molecule has 1 spiro atoms. The van der Waals surface area contributed by atoms with E-state index in [0.717, 1.165) is 56.6 Å². The van der Waals surface area contributed by atoms with Crippen molar-refractivity contribution in [3.8, 4) is 0 Å². The van der Waals surface area contributed by atoms with Gasteiger partial charge in [0.05, 0.1) is 5.56 Å². The average molecular weight is 445 g/mol. The van der Waals surface area contributed by atoms with E-state index in [1.165, 1.54) is 17.9 Å². The number of carbonyl (C=O) groups is 3. The van der Waals surface area contributed by atoms with Gasteiger partial charge in [0, 0.05) is 25.2 Å². The van der Waals surface area contributed by atoms with Crippen LogP contribution in [0.4, 0.5) is 5.69 Å². The fourth-order valence-corrected chi connectivity index (χ4v) is 4.93. The highest BCUT2D eigenvalue weighted by atomic mass is 16.7. The molecule has 1 unspecified atom stereocenters. The van der Waals surface area contributed by atoms with Crippen molar-refractivity contribution in [2.24, 2.45) is 5.41 Å². The summed E-state index contributed by atoms with van der Waals surface area (Å²) in [5.41, 5.74) is 2.86. The van der Waals surface area contributed by atoms with Crippen molar-refractivity contribution in [3.63, 3.8) is 0 Å². The molecule has 1 aromatic rings. The number of amides is 1. The molecule has 2 fully saturated rings. The molecule has 0 aliphatic carbocycles. The lowest BCUT2D eigenvalue weighted by atomic mass is 9.71. The molecule has 2 saturated heterocycles. The van der Waals surface area contributed by atoms with Crippen molar-refractivity contribution in [1.82, 2.24) is 15.7 Å². The lowest BCUT2D eigenvalue weighted by Crippen LogP contribution is -2.47. The maximum Gasteiger partial charge on any atom is 0.280 e. The Balaban J connectivity index is 0.000000913. The van der Waals surface area contributed by atoms with Crippen LogP contribution in [0.1, 0.15) is 54.4 Å². The third-order valence-corrected chi connectivity index (χ3v) is 6.77. The number of nitrogens with zero attached hydrogens (tertiary/aromatic N) is 2. The molecule has 32 heavy (non-hydrogen) atoms. The van der Waals surface area contributed by atoms with Gasteiger partial charge in [-0.05, 0) is 76.3 Å². The summed E-state index contributed by atoms with van der Waals surface area (Å²) in [6.45, 7) is 4.32. The highest BCUT2D eigenvalue weighted by molar-refractivity contribution is 6.02. The van der Waals surface area contributed by atoms with Gasteiger partial charge in [-0.1, -0.05) is 12.1 Å². The van der Waals surface area contributed by atoms with Crippen LogP contribution in [0.25, 0.3) is 0 Å². The zero-order valence-electron chi connectivity index (χ0n) is 19.3. The Morgan fingerprint density at radius 3 is 2.47 bits per heavy atom. The van der Waals surface area contributed by atoms with E-state index in [4.69, 9.17) is 4.84 Å². The Hall–Kier alpha value is -2.29. The lowest BCUT2D eigenvalue weighted by molar-refractivity contribution is -0.168. The quantitative estimate of drug-likeness (QED) is 0.648. The molecule has 2 N–H and O–H groups in total. The lowest BCUT2D eigenvalue weighted by Gasteiger charge is -2.46. The van der Waals surface area contributed by atoms with E-state index < -0.39 is 6.04 Å². The van der Waals surface area contributed by atoms with Crippen LogP contribution in [-0.2, 0) is 21.0 Å². The summed E-state index contributed by atoms with van der Waals surface area (Å²) >= 11 is 0. The Morgan fingerprint density at radius 1 is 1.16 bits per heavy atom. The number of rotatable bonds is 6. The number of hydroxylamine groups is 2. The number of anilines is 1. The summed E-state index contributed by atoms with van der Waals surface area (Å²) in [6.07, 6.45) is 6.68. The highest BCUT2D eigenvalue weighted by Crippen LogP contribution is 2.42. The first-order valence-corrected chi connectivity index (χ1v) is 11.6. The predicted molar refractivity (Wildman–Crippen MR) is 124 cm³/mol. The first-order valence-electron chi connectivity index (χ1n) is 11.6. The first kappa shape index (κ1) is 24.4. The summed E-state index contributed by atoms with van der Waals surface area (Å²) in [6, 6.07) is 5.14. The van der Waals surface area contributed by atoms with Gasteiger partial charge >= 0.3 is 0 Å². The number of aldehydes is 2. The van der Waals surface area contributed by atoms with Crippen molar-refractivity contribution in [2.45, 2.75) is 51.2 Å². The summed E-state index contributed by atoms with van der Waals surface area (Å²) in [5.74, 6) is -0.285. The Morgan fingerprint density at radius 2 is 1.84 bits per heavy atom. The fourth-order valence-electron chi connectivity index (χ4n) is 4.93. The van der Waals surface area contributed by atoms with Crippen LogP contribution in [0.3, 0.4) is 0 Å². The van der Waals surface area contributed by atoms with Crippen LogP contribution in [0.2, 0.25) is 0 Å². The second kappa shape index (κ2) is 11.5. The SMILES string of the molecule is CNC.O=CCCC(C=O)N1OCc2cccc(N3CCC4(CCNCC4)CC3)c2C1=O. The van der Waals surface area contributed by atoms with Crippen molar-refractivity contribution in [1.29, 1.82) is 0 Å². The highest BCUT2D eigenvalue weighted by Gasteiger charge is 2.38. The minimum absolute atomic E-state index is 0.216. The molecule has 3 aliphatic rings. The monoisotopic (exact) mass is 444 g/mol. The van der Waals surface area contributed by atoms with E-state index >= 15 is 0 Å². The number of fused-ring (bicyclic) bond motifs is 1. The zero-order valence-corrected chi connectivity index (χ0v) is 19.3. The van der Waals surface area contributed by atoms with Gasteiger partial charge in [0.1, 0.15) is 25.2 Å². The van der Waals surface area contributed by atoms with E-state index in [1.807, 2.05) is 32.3 Å². The summed E-state index contributed by atoms with van der Waals surface area (Å²) in [4.78, 5) is 43.4. The van der Waals surface area contributed by atoms with Crippen LogP contribution >= 0.6 is 0 Å². The van der Waals surface area contributed by atoms with Gasteiger partial charge in [-0.2, -0.15) is 0 Å². The van der Waals surface area contributed by atoms with E-state index in [1.54, 1.807) is 0 Å². The van der Waals surface area contributed by atoms with E-state index in [2.05, 4.69) is 15.5 Å². The smallest absolute Gasteiger partial charge is 0.280 e. The van der Waals surface area contributed by atoms with Gasteiger partial charge in [0.25, 0.3) is 5.91 Å². The first-order chi connectivity index (χ1) is 15.6. The molecule has 1 amide bonds. The Labute approximate surface area is 190 Å². The molecular weight excluding hydrogens is 408 g/mol. The molecule has 3 heterocycles. The van der Waals surface area contributed by atoms with Crippen LogP contribution in [0, 0.1) is 5.41 Å². The second-order valence-electron chi connectivity index (χ2n) is 8.90. The van der Waals surface area contributed by atoms with Crippen molar-refractivity contribution >= 4 is 24.2 Å². The van der Waals surface area contributed by atoms with Gasteiger partial charge in [-0.3, -0.25) is 9.63 Å². The number of hydrogen-bond donors (Lipinski definition) is 2. The maximum absolute atomic E-state index is 13.3. The molecule has 8 heteroatoms. The summed E-state index contributed by atoms with van der Waals surface area (Å²) < 4.78 is 0. The summed E-state index contributed by atoms with van der Waals surface area (Å²) in [5, 5.41) is 7.37. The zero-order chi connectivity index (χ0) is 23.0. The third kappa shape index (κ3) is 5.36. The minimum atomic E-state index is -0.742. The molecule has 4 rings (SSSR count). The van der Waals surface area contributed by atoms with Gasteiger partial charge in [0.15, 0.2) is 0 Å². The molecule has 0 saturated carbocycles. The van der Waals surface area contributed by atoms with Gasteiger partial charge in [-0.25, -0.2) is 5.06 Å².